The second-order valence-corrected chi connectivity index (χ2v) is 4.44. The number of carbonyl (C=O) groups excluding carboxylic acids is 1. The van der Waals surface area contributed by atoms with Crippen molar-refractivity contribution in [2.45, 2.75) is 6.92 Å². The first-order valence-corrected chi connectivity index (χ1v) is 5.90. The Bertz CT molecular complexity index is 364. The summed E-state index contributed by atoms with van der Waals surface area (Å²) in [7, 11) is 0. The summed E-state index contributed by atoms with van der Waals surface area (Å²) in [4.78, 5) is 16.8. The number of hydrogen-bond donors (Lipinski definition) is 0. The summed E-state index contributed by atoms with van der Waals surface area (Å²) in [6.45, 7) is 4.40. The lowest BCUT2D eigenvalue weighted by Crippen LogP contribution is -2.29. The predicted octanol–water partition coefficient (Wildman–Crippen LogP) is 2.57. The number of nitrogens with zero attached hydrogens (tertiary/aromatic N) is 2. The summed E-state index contributed by atoms with van der Waals surface area (Å²) in [5.41, 5.74) is 0. The Labute approximate surface area is 110 Å². The topological polar surface area (TPSA) is 23.6 Å². The number of thiophene rings is 1. The quantitative estimate of drug-likeness (QED) is 0.799. The zero-order valence-corrected chi connectivity index (χ0v) is 11.7. The molecule has 16 heavy (non-hydrogen) atoms. The molecule has 1 aromatic rings. The molecule has 88 valence electrons. The molecule has 0 amide bonds. The van der Waals surface area contributed by atoms with E-state index in [2.05, 4.69) is 11.8 Å². The molecule has 0 unspecified atom stereocenters. The second kappa shape index (κ2) is 6.06. The summed E-state index contributed by atoms with van der Waals surface area (Å²) in [5, 5.41) is 1.94. The molecule has 5 heteroatoms. The molecule has 0 fully saturated rings. The molecular formula is C11H15BrN2OS. The molecule has 1 aromatic heterocycles. The van der Waals surface area contributed by atoms with Crippen LogP contribution in [0.5, 0.6) is 0 Å². The minimum atomic E-state index is 0. The number of hydrogen-bond acceptors (Lipinski definition) is 4. The fourth-order valence-electron chi connectivity index (χ4n) is 1.52. The van der Waals surface area contributed by atoms with Crippen molar-refractivity contribution < 1.29 is 4.79 Å². The van der Waals surface area contributed by atoms with Gasteiger partial charge in [0.15, 0.2) is 5.78 Å². The fourth-order valence-corrected chi connectivity index (χ4v) is 2.18. The first-order chi connectivity index (χ1) is 7.29. The van der Waals surface area contributed by atoms with Crippen molar-refractivity contribution in [2.75, 3.05) is 19.8 Å². The molecule has 0 atom stereocenters. The van der Waals surface area contributed by atoms with Gasteiger partial charge >= 0.3 is 0 Å². The Morgan fingerprint density at radius 1 is 1.44 bits per heavy atom. The van der Waals surface area contributed by atoms with Crippen LogP contribution < -0.4 is 0 Å². The number of carbonyl (C=O) groups is 1. The van der Waals surface area contributed by atoms with E-state index in [1.54, 1.807) is 0 Å². The molecule has 3 nitrogen and oxygen atoms in total. The smallest absolute Gasteiger partial charge is 0.192 e. The first-order valence-electron chi connectivity index (χ1n) is 5.02. The number of Topliss-reactive ketones (excluding diaryl/α,β-unsaturated/α-hetero) is 1. The molecule has 2 rings (SSSR count). The van der Waals surface area contributed by atoms with E-state index in [1.165, 1.54) is 11.3 Å². The van der Waals surface area contributed by atoms with Gasteiger partial charge in [0.05, 0.1) is 18.1 Å². The van der Waals surface area contributed by atoms with Crippen LogP contribution in [0, 0.1) is 0 Å². The van der Waals surface area contributed by atoms with Crippen molar-refractivity contribution in [2.24, 2.45) is 0 Å². The molecule has 1 aliphatic heterocycles. The Morgan fingerprint density at radius 2 is 2.19 bits per heavy atom. The molecule has 0 saturated heterocycles. The largest absolute Gasteiger partial charge is 0.359 e. The maximum absolute atomic E-state index is 11.8. The van der Waals surface area contributed by atoms with Crippen LogP contribution in [0.15, 0.2) is 29.9 Å². The summed E-state index contributed by atoms with van der Waals surface area (Å²) < 4.78 is 0. The highest BCUT2D eigenvalue weighted by Gasteiger charge is 2.15. The van der Waals surface area contributed by atoms with Gasteiger partial charge in [-0.25, -0.2) is 0 Å². The van der Waals surface area contributed by atoms with Gasteiger partial charge in [0.25, 0.3) is 0 Å². The molecule has 0 spiro atoms. The molecular weight excluding hydrogens is 288 g/mol. The zero-order valence-electron chi connectivity index (χ0n) is 9.13. The van der Waals surface area contributed by atoms with Crippen molar-refractivity contribution in [3.8, 4) is 0 Å². The SMILES string of the molecule is Br.CCN1C=CN(CC(=O)c2cccs2)C1. The second-order valence-electron chi connectivity index (χ2n) is 3.49. The molecule has 2 heterocycles. The maximum Gasteiger partial charge on any atom is 0.192 e. The molecule has 0 aromatic carbocycles. The van der Waals surface area contributed by atoms with Gasteiger partial charge in [-0.05, 0) is 18.4 Å². The van der Waals surface area contributed by atoms with Crippen LogP contribution in [0.25, 0.3) is 0 Å². The first kappa shape index (κ1) is 13.3. The summed E-state index contributed by atoms with van der Waals surface area (Å²) in [6.07, 6.45) is 4.01. The van der Waals surface area contributed by atoms with Crippen LogP contribution in [0.4, 0.5) is 0 Å². The predicted molar refractivity (Wildman–Crippen MR) is 72.1 cm³/mol. The van der Waals surface area contributed by atoms with E-state index in [9.17, 15) is 4.79 Å². The third-order valence-electron chi connectivity index (χ3n) is 2.40. The van der Waals surface area contributed by atoms with Gasteiger partial charge in [-0.1, -0.05) is 6.07 Å². The summed E-state index contributed by atoms with van der Waals surface area (Å²) >= 11 is 1.51. The Kier molecular flexibility index (Phi) is 5.02. The van der Waals surface area contributed by atoms with Crippen LogP contribution in [0.3, 0.4) is 0 Å². The normalized spacial score (nSPS) is 14.1. The minimum Gasteiger partial charge on any atom is -0.359 e. The van der Waals surface area contributed by atoms with Crippen LogP contribution in [-0.2, 0) is 0 Å². The number of halogens is 1. The molecule has 1 aliphatic rings. The highest BCUT2D eigenvalue weighted by molar-refractivity contribution is 8.93. The molecule has 0 radical (unpaired) electrons. The van der Waals surface area contributed by atoms with Gasteiger partial charge in [0.1, 0.15) is 0 Å². The van der Waals surface area contributed by atoms with Crippen LogP contribution >= 0.6 is 28.3 Å². The Morgan fingerprint density at radius 3 is 2.75 bits per heavy atom. The van der Waals surface area contributed by atoms with Crippen LogP contribution in [-0.4, -0.2) is 35.3 Å². The summed E-state index contributed by atoms with van der Waals surface area (Å²) in [5.74, 6) is 0.201. The monoisotopic (exact) mass is 302 g/mol. The van der Waals surface area contributed by atoms with Crippen molar-refractivity contribution in [1.29, 1.82) is 0 Å². The van der Waals surface area contributed by atoms with Gasteiger partial charge in [0.2, 0.25) is 0 Å². The van der Waals surface area contributed by atoms with E-state index >= 15 is 0 Å². The van der Waals surface area contributed by atoms with Gasteiger partial charge in [0, 0.05) is 18.9 Å². The van der Waals surface area contributed by atoms with Gasteiger partial charge < -0.3 is 9.80 Å². The van der Waals surface area contributed by atoms with Crippen molar-refractivity contribution >= 4 is 34.1 Å². The fraction of sp³-hybridized carbons (Fsp3) is 0.364. The highest BCUT2D eigenvalue weighted by atomic mass is 79.9. The lowest BCUT2D eigenvalue weighted by Gasteiger charge is -2.18. The standard InChI is InChI=1S/C11H14N2OS.BrH/c1-2-12-5-6-13(9-12)8-10(14)11-4-3-7-15-11;/h3-7H,2,8-9H2,1H3;1H. The maximum atomic E-state index is 11.8. The highest BCUT2D eigenvalue weighted by Crippen LogP contribution is 2.12. The van der Waals surface area contributed by atoms with E-state index in [0.29, 0.717) is 6.54 Å². The van der Waals surface area contributed by atoms with Crippen molar-refractivity contribution in [3.63, 3.8) is 0 Å². The van der Waals surface area contributed by atoms with Gasteiger partial charge in [-0.15, -0.1) is 28.3 Å². The van der Waals surface area contributed by atoms with Crippen LogP contribution in [0.2, 0.25) is 0 Å². The zero-order chi connectivity index (χ0) is 10.7. The van der Waals surface area contributed by atoms with Crippen molar-refractivity contribution in [1.82, 2.24) is 9.80 Å². The van der Waals surface area contributed by atoms with E-state index in [0.717, 1.165) is 18.1 Å². The van der Waals surface area contributed by atoms with Gasteiger partial charge in [-0.2, -0.15) is 0 Å². The molecule has 0 aliphatic carbocycles. The van der Waals surface area contributed by atoms with E-state index in [4.69, 9.17) is 0 Å². The average molecular weight is 303 g/mol. The lowest BCUT2D eigenvalue weighted by atomic mass is 10.3. The third-order valence-corrected chi connectivity index (χ3v) is 3.31. The van der Waals surface area contributed by atoms with Crippen molar-refractivity contribution in [3.05, 3.63) is 34.8 Å². The summed E-state index contributed by atoms with van der Waals surface area (Å²) in [6, 6.07) is 3.79. The Hall–Kier alpha value is -0.810. The molecule has 0 saturated carbocycles. The lowest BCUT2D eigenvalue weighted by molar-refractivity contribution is 0.0950. The van der Waals surface area contributed by atoms with E-state index in [1.807, 2.05) is 34.8 Å². The molecule has 0 bridgehead atoms. The van der Waals surface area contributed by atoms with Gasteiger partial charge in [-0.3, -0.25) is 4.79 Å². The van der Waals surface area contributed by atoms with Crippen LogP contribution in [0.1, 0.15) is 16.6 Å². The number of rotatable bonds is 4. The average Bonchev–Trinajstić information content (AvgIpc) is 2.87. The minimum absolute atomic E-state index is 0. The Balaban J connectivity index is 0.00000128. The third kappa shape index (κ3) is 3.09. The number of ketones is 1. The van der Waals surface area contributed by atoms with E-state index in [-0.39, 0.29) is 22.8 Å². The van der Waals surface area contributed by atoms with E-state index < -0.39 is 0 Å². The molecule has 0 N–H and O–H groups in total.